The summed E-state index contributed by atoms with van der Waals surface area (Å²) in [5, 5.41) is 9.41. The van der Waals surface area contributed by atoms with E-state index in [-0.39, 0.29) is 24.0 Å². The van der Waals surface area contributed by atoms with Gasteiger partial charge in [-0.1, -0.05) is 36.4 Å². The number of nitrogens with one attached hydrogen (secondary N) is 2. The van der Waals surface area contributed by atoms with E-state index in [1.807, 2.05) is 47.8 Å². The van der Waals surface area contributed by atoms with E-state index in [4.69, 9.17) is 9.47 Å². The Bertz CT molecular complexity index is 1590. The van der Waals surface area contributed by atoms with Crippen molar-refractivity contribution in [1.82, 2.24) is 19.7 Å². The first-order valence-corrected chi connectivity index (χ1v) is 12.7. The lowest BCUT2D eigenvalue weighted by Crippen LogP contribution is -2.24. The number of ether oxygens (including phenoxy) is 2. The zero-order chi connectivity index (χ0) is 26.5. The maximum absolute atomic E-state index is 13.1. The molecule has 3 heterocycles. The molecule has 0 saturated carbocycles. The third-order valence-corrected chi connectivity index (χ3v) is 6.71. The van der Waals surface area contributed by atoms with Gasteiger partial charge in [0.05, 0.1) is 17.7 Å². The summed E-state index contributed by atoms with van der Waals surface area (Å²) in [5.74, 6) is 1.40. The lowest BCUT2D eigenvalue weighted by Gasteiger charge is -2.11. The van der Waals surface area contributed by atoms with E-state index in [1.165, 1.54) is 16.0 Å². The Hall–Kier alpha value is -4.70. The first-order chi connectivity index (χ1) is 18.5. The monoisotopic (exact) mass is 527 g/mol. The lowest BCUT2D eigenvalue weighted by atomic mass is 10.1. The molecular formula is C28H25N5O4S. The molecule has 1 amide bonds. The number of hydrogen-bond acceptors (Lipinski definition) is 7. The molecule has 0 aliphatic rings. The van der Waals surface area contributed by atoms with E-state index in [1.54, 1.807) is 44.4 Å². The number of hydrogen-bond donors (Lipinski definition) is 2. The van der Waals surface area contributed by atoms with E-state index >= 15 is 0 Å². The minimum Gasteiger partial charge on any atom is -0.497 e. The highest BCUT2D eigenvalue weighted by atomic mass is 32.1. The highest BCUT2D eigenvalue weighted by molar-refractivity contribution is 7.13. The summed E-state index contributed by atoms with van der Waals surface area (Å²) >= 11 is 1.52. The van der Waals surface area contributed by atoms with E-state index in [0.29, 0.717) is 40.7 Å². The number of carbonyl (C=O) groups excluding carboxylic acids is 1. The van der Waals surface area contributed by atoms with E-state index < -0.39 is 0 Å². The first-order valence-electron chi connectivity index (χ1n) is 11.8. The maximum Gasteiger partial charge on any atom is 0.263 e. The molecule has 192 valence electrons. The molecule has 0 saturated heterocycles. The molecule has 0 unspecified atom stereocenters. The number of thiophene rings is 1. The van der Waals surface area contributed by atoms with E-state index in [2.05, 4.69) is 20.4 Å². The van der Waals surface area contributed by atoms with Crippen LogP contribution in [0.25, 0.3) is 16.5 Å². The van der Waals surface area contributed by atoms with Crippen LogP contribution < -0.4 is 20.3 Å². The van der Waals surface area contributed by atoms with Crippen molar-refractivity contribution in [3.05, 3.63) is 105 Å². The van der Waals surface area contributed by atoms with Crippen LogP contribution in [0.15, 0.2) is 83.0 Å². The predicted octanol–water partition coefficient (Wildman–Crippen LogP) is 4.61. The normalized spacial score (nSPS) is 10.8. The summed E-state index contributed by atoms with van der Waals surface area (Å²) < 4.78 is 12.2. The number of aromatic nitrogens is 4. The van der Waals surface area contributed by atoms with Crippen molar-refractivity contribution in [3.8, 4) is 28.0 Å². The van der Waals surface area contributed by atoms with Crippen molar-refractivity contribution in [1.29, 1.82) is 0 Å². The molecule has 2 N–H and O–H groups in total. The Morgan fingerprint density at radius 3 is 2.50 bits per heavy atom. The Morgan fingerprint density at radius 1 is 1.05 bits per heavy atom. The lowest BCUT2D eigenvalue weighted by molar-refractivity contribution is -0.118. The maximum atomic E-state index is 13.1. The van der Waals surface area contributed by atoms with Crippen molar-refractivity contribution in [2.24, 2.45) is 0 Å². The van der Waals surface area contributed by atoms with Crippen LogP contribution in [0.2, 0.25) is 0 Å². The summed E-state index contributed by atoms with van der Waals surface area (Å²) in [6.07, 6.45) is 0.459. The zero-order valence-corrected chi connectivity index (χ0v) is 21.6. The number of nitrogens with zero attached hydrogens (tertiary/aromatic N) is 3. The minimum atomic E-state index is -0.389. The van der Waals surface area contributed by atoms with Crippen LogP contribution in [0.4, 0.5) is 5.82 Å². The molecule has 0 radical (unpaired) electrons. The number of anilines is 1. The van der Waals surface area contributed by atoms with Gasteiger partial charge in [0.15, 0.2) is 6.61 Å². The van der Waals surface area contributed by atoms with Gasteiger partial charge in [0.1, 0.15) is 23.0 Å². The average Bonchev–Trinajstić information content (AvgIpc) is 3.61. The minimum absolute atomic E-state index is 0.207. The highest BCUT2D eigenvalue weighted by Crippen LogP contribution is 2.27. The van der Waals surface area contributed by atoms with Gasteiger partial charge in [0.25, 0.3) is 11.5 Å². The van der Waals surface area contributed by atoms with Crippen LogP contribution in [0.1, 0.15) is 16.8 Å². The van der Waals surface area contributed by atoms with Gasteiger partial charge >= 0.3 is 0 Å². The third-order valence-electron chi connectivity index (χ3n) is 5.81. The highest BCUT2D eigenvalue weighted by Gasteiger charge is 2.18. The Kier molecular flexibility index (Phi) is 7.32. The molecular weight excluding hydrogens is 502 g/mol. The smallest absolute Gasteiger partial charge is 0.263 e. The Labute approximate surface area is 222 Å². The molecule has 5 rings (SSSR count). The van der Waals surface area contributed by atoms with Crippen LogP contribution in [-0.2, 0) is 11.2 Å². The second kappa shape index (κ2) is 11.1. The van der Waals surface area contributed by atoms with Gasteiger partial charge in [-0.25, -0.2) is 4.98 Å². The van der Waals surface area contributed by atoms with Gasteiger partial charge in [0.2, 0.25) is 5.95 Å². The van der Waals surface area contributed by atoms with E-state index in [9.17, 15) is 9.59 Å². The topological polar surface area (TPSA) is 111 Å². The van der Waals surface area contributed by atoms with Gasteiger partial charge in [0, 0.05) is 18.1 Å². The SMILES string of the molecule is COc1ccc(OCC(=O)Nc2cc(-c3cccs3)nn2-c2nc(C)c(Cc3ccccc3)c(=O)[nH]2)cc1. The van der Waals surface area contributed by atoms with Crippen molar-refractivity contribution in [2.75, 3.05) is 19.0 Å². The quantitative estimate of drug-likeness (QED) is 0.290. The predicted molar refractivity (Wildman–Crippen MR) is 146 cm³/mol. The van der Waals surface area contributed by atoms with Gasteiger partial charge in [-0.2, -0.15) is 9.78 Å². The van der Waals surface area contributed by atoms with Gasteiger partial charge < -0.3 is 14.8 Å². The van der Waals surface area contributed by atoms with Crippen molar-refractivity contribution < 1.29 is 14.3 Å². The molecule has 5 aromatic rings. The number of amides is 1. The molecule has 0 spiro atoms. The molecule has 2 aromatic carbocycles. The van der Waals surface area contributed by atoms with Crippen LogP contribution >= 0.6 is 11.3 Å². The number of aryl methyl sites for hydroxylation is 1. The molecule has 38 heavy (non-hydrogen) atoms. The summed E-state index contributed by atoms with van der Waals surface area (Å²) in [6.45, 7) is 1.58. The number of benzene rings is 2. The number of H-pyrrole nitrogens is 1. The van der Waals surface area contributed by atoms with Crippen molar-refractivity contribution in [3.63, 3.8) is 0 Å². The summed E-state index contributed by atoms with van der Waals surface area (Å²) in [4.78, 5) is 34.2. The molecule has 3 aromatic heterocycles. The second-order valence-corrected chi connectivity index (χ2v) is 9.38. The van der Waals surface area contributed by atoms with Gasteiger partial charge in [-0.15, -0.1) is 11.3 Å². The van der Waals surface area contributed by atoms with E-state index in [0.717, 1.165) is 10.4 Å². The van der Waals surface area contributed by atoms with Crippen LogP contribution in [0, 0.1) is 6.92 Å². The number of methoxy groups -OCH3 is 1. The molecule has 0 aliphatic heterocycles. The van der Waals surface area contributed by atoms with Gasteiger partial charge in [-0.3, -0.25) is 14.6 Å². The number of aromatic amines is 1. The first kappa shape index (κ1) is 25.0. The third kappa shape index (κ3) is 5.65. The fourth-order valence-electron chi connectivity index (χ4n) is 3.88. The summed E-state index contributed by atoms with van der Waals surface area (Å²) in [5.41, 5.74) is 2.55. The second-order valence-electron chi connectivity index (χ2n) is 8.43. The molecule has 0 atom stereocenters. The van der Waals surface area contributed by atoms with Crippen LogP contribution in [0.5, 0.6) is 11.5 Å². The standard InChI is InChI=1S/C28H25N5O4S/c1-18-22(15-19-7-4-3-5-8-19)27(35)31-28(29-18)33-25(16-23(32-33)24-9-6-14-38-24)30-26(34)17-37-21-12-10-20(36-2)11-13-21/h3-14,16H,15,17H2,1-2H3,(H,30,34)(H,29,31,35). The number of rotatable bonds is 9. The molecule has 10 heteroatoms. The molecule has 0 bridgehead atoms. The molecule has 9 nitrogen and oxygen atoms in total. The van der Waals surface area contributed by atoms with Crippen LogP contribution in [-0.4, -0.2) is 39.4 Å². The summed E-state index contributed by atoms with van der Waals surface area (Å²) in [6, 6.07) is 22.3. The Balaban J connectivity index is 1.41. The fraction of sp³-hybridized carbons (Fsp3) is 0.143. The molecule has 0 fully saturated rings. The zero-order valence-electron chi connectivity index (χ0n) is 20.8. The fourth-order valence-corrected chi connectivity index (χ4v) is 4.56. The van der Waals surface area contributed by atoms with Crippen LogP contribution in [0.3, 0.4) is 0 Å². The molecule has 0 aliphatic carbocycles. The number of carbonyl (C=O) groups is 1. The van der Waals surface area contributed by atoms with Crippen molar-refractivity contribution in [2.45, 2.75) is 13.3 Å². The van der Waals surface area contributed by atoms with Crippen molar-refractivity contribution >= 4 is 23.1 Å². The largest absolute Gasteiger partial charge is 0.497 e. The summed E-state index contributed by atoms with van der Waals surface area (Å²) in [7, 11) is 1.58. The van der Waals surface area contributed by atoms with Gasteiger partial charge in [-0.05, 0) is 48.2 Å². The Morgan fingerprint density at radius 2 is 1.82 bits per heavy atom. The average molecular weight is 528 g/mol.